The lowest BCUT2D eigenvalue weighted by Gasteiger charge is -2.11. The second-order valence-electron chi connectivity index (χ2n) is 4.63. The molecule has 3 rings (SSSR count). The molecule has 2 unspecified atom stereocenters. The van der Waals surface area contributed by atoms with Gasteiger partial charge in [0.2, 0.25) is 0 Å². The van der Waals surface area contributed by atoms with Gasteiger partial charge in [-0.05, 0) is 25.1 Å². The van der Waals surface area contributed by atoms with Crippen LogP contribution in [0.5, 0.6) is 0 Å². The summed E-state index contributed by atoms with van der Waals surface area (Å²) in [5.74, 6) is 2.73. The molecule has 1 aromatic heterocycles. The van der Waals surface area contributed by atoms with E-state index in [1.807, 2.05) is 56.3 Å². The molecule has 1 aliphatic rings. The molecule has 1 fully saturated rings. The summed E-state index contributed by atoms with van der Waals surface area (Å²) in [7, 11) is 0. The summed E-state index contributed by atoms with van der Waals surface area (Å²) >= 11 is 9.11. The summed E-state index contributed by atoms with van der Waals surface area (Å²) < 4.78 is 6.03. The zero-order valence-electron chi connectivity index (χ0n) is 14.9. The van der Waals surface area contributed by atoms with Crippen LogP contribution in [0.4, 0.5) is 0 Å². The number of furan rings is 1. The van der Waals surface area contributed by atoms with Crippen LogP contribution in [0.25, 0.3) is 11.3 Å². The fourth-order valence-electron chi connectivity index (χ4n) is 2.11. The highest BCUT2D eigenvalue weighted by Crippen LogP contribution is 2.37. The molecule has 1 aromatic carbocycles. The molecular formula is C18H26NO2PS3. The second kappa shape index (κ2) is 13.4. The molecule has 1 saturated heterocycles. The molecule has 2 atom stereocenters. The lowest BCUT2D eigenvalue weighted by atomic mass is 10.1. The average molecular weight is 416 g/mol. The van der Waals surface area contributed by atoms with E-state index in [0.29, 0.717) is 0 Å². The summed E-state index contributed by atoms with van der Waals surface area (Å²) in [6.45, 7) is 8.09. The first kappa shape index (κ1) is 24.2. The molecule has 2 heterocycles. The summed E-state index contributed by atoms with van der Waals surface area (Å²) in [6.07, 6.45) is 0. The third-order valence-electron chi connectivity index (χ3n) is 3.09. The number of thioether (sulfide) groups is 2. The minimum absolute atomic E-state index is 0. The van der Waals surface area contributed by atoms with Crippen molar-refractivity contribution in [1.29, 1.82) is 0 Å². The van der Waals surface area contributed by atoms with Crippen LogP contribution >= 0.6 is 45.6 Å². The Morgan fingerprint density at radius 1 is 1.24 bits per heavy atom. The molecule has 1 aliphatic heterocycles. The first-order chi connectivity index (χ1) is 11.7. The van der Waals surface area contributed by atoms with E-state index >= 15 is 0 Å². The first-order valence-electron chi connectivity index (χ1n) is 7.67. The number of carbonyl (C=O) groups excluding carboxylic acids is 1. The molecule has 2 aromatic rings. The third-order valence-corrected chi connectivity index (χ3v) is 5.98. The van der Waals surface area contributed by atoms with Gasteiger partial charge < -0.3 is 14.5 Å². The van der Waals surface area contributed by atoms with Gasteiger partial charge in [-0.25, -0.2) is 0 Å². The lowest BCUT2D eigenvalue weighted by Crippen LogP contribution is -2.23. The minimum Gasteiger partial charge on any atom is -0.459 e. The maximum absolute atomic E-state index is 8.00. The van der Waals surface area contributed by atoms with Crippen LogP contribution in [-0.2, 0) is 4.79 Å². The molecule has 0 amide bonds. The van der Waals surface area contributed by atoms with E-state index in [-0.39, 0.29) is 15.1 Å². The van der Waals surface area contributed by atoms with Crippen LogP contribution in [0.1, 0.15) is 30.4 Å². The monoisotopic (exact) mass is 415 g/mol. The highest BCUT2D eigenvalue weighted by Gasteiger charge is 2.23. The summed E-state index contributed by atoms with van der Waals surface area (Å²) in [4.78, 5) is 8.87. The van der Waals surface area contributed by atoms with Gasteiger partial charge in [0.1, 0.15) is 23.6 Å². The predicted molar refractivity (Wildman–Crippen MR) is 122 cm³/mol. The Labute approximate surface area is 167 Å². The van der Waals surface area contributed by atoms with Gasteiger partial charge in [-0.3, -0.25) is 0 Å². The number of nitrogens with one attached hydrogen (secondary N) is 1. The second-order valence-corrected chi connectivity index (χ2v) is 7.51. The summed E-state index contributed by atoms with van der Waals surface area (Å²) in [6, 6.07) is 12.4. The van der Waals surface area contributed by atoms with Crippen molar-refractivity contribution in [1.82, 2.24) is 5.32 Å². The number of benzene rings is 1. The standard InChI is InChI=1S/C15H15NOS3.C2H6.CH2O.H3P/c1-10-3-2-4-11(7-10)12-5-6-13(17-12)14-15(18)16-8-19-9-20-14;2*1-2;/h2-7,14H,8-9H2,1H3,(H,16,18);1-2H3;1H2;1H3. The molecule has 0 saturated carbocycles. The zero-order chi connectivity index (χ0) is 17.9. The fourth-order valence-corrected chi connectivity index (χ4v) is 4.64. The van der Waals surface area contributed by atoms with Gasteiger partial charge in [-0.1, -0.05) is 49.8 Å². The Morgan fingerprint density at radius 2 is 1.96 bits per heavy atom. The van der Waals surface area contributed by atoms with Crippen molar-refractivity contribution in [3.63, 3.8) is 0 Å². The highest BCUT2D eigenvalue weighted by atomic mass is 32.2. The van der Waals surface area contributed by atoms with Crippen molar-refractivity contribution < 1.29 is 9.21 Å². The highest BCUT2D eigenvalue weighted by molar-refractivity contribution is 8.16. The Balaban J connectivity index is 0.00000108. The Bertz CT molecular complexity index is 649. The van der Waals surface area contributed by atoms with E-state index in [1.165, 1.54) is 5.56 Å². The topological polar surface area (TPSA) is 42.2 Å². The van der Waals surface area contributed by atoms with Gasteiger partial charge in [0.05, 0.1) is 10.9 Å². The number of rotatable bonds is 2. The van der Waals surface area contributed by atoms with E-state index in [4.69, 9.17) is 21.4 Å². The van der Waals surface area contributed by atoms with Crippen molar-refractivity contribution >= 4 is 57.4 Å². The number of thiocarbonyl (C=S) groups is 1. The predicted octanol–water partition coefficient (Wildman–Crippen LogP) is 5.51. The van der Waals surface area contributed by atoms with E-state index in [1.54, 1.807) is 0 Å². The number of aryl methyl sites for hydroxylation is 1. The van der Waals surface area contributed by atoms with E-state index in [0.717, 1.165) is 33.0 Å². The molecule has 25 heavy (non-hydrogen) atoms. The molecule has 0 aliphatic carbocycles. The van der Waals surface area contributed by atoms with Crippen LogP contribution in [0.2, 0.25) is 0 Å². The minimum atomic E-state index is 0. The molecule has 138 valence electrons. The molecule has 1 N–H and O–H groups in total. The maximum atomic E-state index is 8.00. The summed E-state index contributed by atoms with van der Waals surface area (Å²) in [5.41, 5.74) is 2.35. The molecular weight excluding hydrogens is 389 g/mol. The van der Waals surface area contributed by atoms with E-state index in [9.17, 15) is 0 Å². The van der Waals surface area contributed by atoms with Gasteiger partial charge in [0.25, 0.3) is 0 Å². The molecule has 3 nitrogen and oxygen atoms in total. The maximum Gasteiger partial charge on any atom is 0.134 e. The fraction of sp³-hybridized carbons (Fsp3) is 0.333. The molecule has 0 spiro atoms. The van der Waals surface area contributed by atoms with Crippen molar-refractivity contribution in [2.75, 3.05) is 11.0 Å². The number of carbonyl (C=O) groups is 1. The Hall–Kier alpha value is -0.810. The van der Waals surface area contributed by atoms with Crippen LogP contribution < -0.4 is 5.32 Å². The van der Waals surface area contributed by atoms with Crippen molar-refractivity contribution in [3.05, 3.63) is 47.7 Å². The number of hydrogen-bond acceptors (Lipinski definition) is 5. The first-order valence-corrected chi connectivity index (χ1v) is 10.3. The van der Waals surface area contributed by atoms with Crippen LogP contribution in [0.15, 0.2) is 40.8 Å². The summed E-state index contributed by atoms with van der Waals surface area (Å²) in [5, 5.41) is 4.41. The van der Waals surface area contributed by atoms with E-state index < -0.39 is 0 Å². The zero-order valence-corrected chi connectivity index (χ0v) is 18.8. The van der Waals surface area contributed by atoms with Gasteiger partial charge in [-0.15, -0.1) is 23.5 Å². The third kappa shape index (κ3) is 7.14. The van der Waals surface area contributed by atoms with Gasteiger partial charge in [0, 0.05) is 10.6 Å². The Morgan fingerprint density at radius 3 is 2.64 bits per heavy atom. The smallest absolute Gasteiger partial charge is 0.134 e. The van der Waals surface area contributed by atoms with Crippen LogP contribution in [0.3, 0.4) is 0 Å². The quantitative estimate of drug-likeness (QED) is 0.515. The lowest BCUT2D eigenvalue weighted by molar-refractivity contribution is -0.0979. The Kier molecular flexibility index (Phi) is 13.0. The molecule has 0 bridgehead atoms. The largest absolute Gasteiger partial charge is 0.459 e. The van der Waals surface area contributed by atoms with Gasteiger partial charge in [0.15, 0.2) is 0 Å². The van der Waals surface area contributed by atoms with Crippen LogP contribution in [-0.4, -0.2) is 22.7 Å². The normalized spacial score (nSPS) is 16.0. The SMILES string of the molecule is C=O.CC.Cc1cccc(-c2ccc(C3SCSCNC3=S)o2)c1.P. The van der Waals surface area contributed by atoms with Crippen LogP contribution in [0, 0.1) is 6.92 Å². The van der Waals surface area contributed by atoms with Crippen molar-refractivity contribution in [3.8, 4) is 11.3 Å². The van der Waals surface area contributed by atoms with E-state index in [2.05, 4.69) is 36.5 Å². The van der Waals surface area contributed by atoms with Crippen molar-refractivity contribution in [2.45, 2.75) is 26.0 Å². The van der Waals surface area contributed by atoms with Gasteiger partial charge >= 0.3 is 0 Å². The van der Waals surface area contributed by atoms with Gasteiger partial charge in [-0.2, -0.15) is 9.90 Å². The average Bonchev–Trinajstić information content (AvgIpc) is 3.01. The number of hydrogen-bond donors (Lipinski definition) is 1. The molecule has 0 radical (unpaired) electrons. The van der Waals surface area contributed by atoms with Crippen molar-refractivity contribution in [2.24, 2.45) is 0 Å². The molecule has 7 heteroatoms.